The normalized spacial score (nSPS) is 20.0. The molecule has 2 N–H and O–H groups in total. The highest BCUT2D eigenvalue weighted by atomic mass is 19.4. The third-order valence-electron chi connectivity index (χ3n) is 4.55. The number of amides is 1. The maximum absolute atomic E-state index is 13.0. The van der Waals surface area contributed by atoms with Gasteiger partial charge in [0.15, 0.2) is 0 Å². The van der Waals surface area contributed by atoms with Gasteiger partial charge in [-0.15, -0.1) is 0 Å². The molecule has 132 valence electrons. The van der Waals surface area contributed by atoms with Crippen LogP contribution in [0.25, 0.3) is 0 Å². The Labute approximate surface area is 143 Å². The molecule has 0 spiro atoms. The first-order valence-electron chi connectivity index (χ1n) is 8.02. The lowest BCUT2D eigenvalue weighted by atomic mass is 9.80. The van der Waals surface area contributed by atoms with Gasteiger partial charge in [-0.05, 0) is 36.1 Å². The summed E-state index contributed by atoms with van der Waals surface area (Å²) in [5, 5.41) is 13.2. The van der Waals surface area contributed by atoms with Gasteiger partial charge in [0.25, 0.3) is 5.91 Å². The van der Waals surface area contributed by atoms with Crippen LogP contribution in [0, 0.1) is 0 Å². The average molecular weight is 349 g/mol. The molecule has 2 aromatic carbocycles. The van der Waals surface area contributed by atoms with Crippen LogP contribution in [0.2, 0.25) is 0 Å². The molecule has 0 heterocycles. The number of carbonyl (C=O) groups is 1. The van der Waals surface area contributed by atoms with Crippen molar-refractivity contribution in [3.8, 4) is 0 Å². The second-order valence-electron chi connectivity index (χ2n) is 6.40. The van der Waals surface area contributed by atoms with E-state index in [1.807, 2.05) is 24.3 Å². The van der Waals surface area contributed by atoms with E-state index in [9.17, 15) is 23.1 Å². The molecule has 0 aliphatic heterocycles. The van der Waals surface area contributed by atoms with E-state index in [-0.39, 0.29) is 6.54 Å². The number of hydrogen-bond acceptors (Lipinski definition) is 2. The first-order valence-corrected chi connectivity index (χ1v) is 8.02. The number of aryl methyl sites for hydroxylation is 1. The standard InChI is InChI=1S/C19H18F3NO2/c20-19(21,22)16-8-4-3-7-15(16)17(24)23-12-18(25)10-9-13-5-1-2-6-14(13)11-18/h1-8,25H,9-12H2,(H,23,24)/t18-/m1/s1. The SMILES string of the molecule is O=C(NC[C@@]1(O)CCc2ccccc2C1)c1ccccc1C(F)(F)F. The van der Waals surface area contributed by atoms with Gasteiger partial charge in [-0.3, -0.25) is 4.79 Å². The minimum absolute atomic E-state index is 0.0909. The second-order valence-corrected chi connectivity index (χ2v) is 6.40. The van der Waals surface area contributed by atoms with Crippen LogP contribution in [-0.4, -0.2) is 23.2 Å². The quantitative estimate of drug-likeness (QED) is 0.893. The Morgan fingerprint density at radius 3 is 2.44 bits per heavy atom. The summed E-state index contributed by atoms with van der Waals surface area (Å²) in [4.78, 5) is 12.2. The van der Waals surface area contributed by atoms with Crippen LogP contribution in [0.15, 0.2) is 48.5 Å². The van der Waals surface area contributed by atoms with Crippen molar-refractivity contribution in [2.45, 2.75) is 31.0 Å². The molecule has 1 amide bonds. The minimum Gasteiger partial charge on any atom is -0.388 e. The van der Waals surface area contributed by atoms with Gasteiger partial charge < -0.3 is 10.4 Å². The molecule has 25 heavy (non-hydrogen) atoms. The Morgan fingerprint density at radius 2 is 1.72 bits per heavy atom. The average Bonchev–Trinajstić information content (AvgIpc) is 2.59. The largest absolute Gasteiger partial charge is 0.417 e. The maximum Gasteiger partial charge on any atom is 0.417 e. The van der Waals surface area contributed by atoms with E-state index in [4.69, 9.17) is 0 Å². The zero-order valence-electron chi connectivity index (χ0n) is 13.4. The molecule has 0 radical (unpaired) electrons. The fraction of sp³-hybridized carbons (Fsp3) is 0.316. The van der Waals surface area contributed by atoms with Crippen molar-refractivity contribution in [3.63, 3.8) is 0 Å². The lowest BCUT2D eigenvalue weighted by Gasteiger charge is -2.33. The third kappa shape index (κ3) is 3.85. The number of benzene rings is 2. The summed E-state index contributed by atoms with van der Waals surface area (Å²) in [6.45, 7) is -0.0909. The van der Waals surface area contributed by atoms with Gasteiger partial charge in [0.2, 0.25) is 0 Å². The molecule has 0 saturated heterocycles. The highest BCUT2D eigenvalue weighted by molar-refractivity contribution is 5.95. The summed E-state index contributed by atoms with van der Waals surface area (Å²) >= 11 is 0. The lowest BCUT2D eigenvalue weighted by Crippen LogP contribution is -2.47. The molecule has 0 fully saturated rings. The number of nitrogens with one attached hydrogen (secondary N) is 1. The van der Waals surface area contributed by atoms with Gasteiger partial charge in [-0.2, -0.15) is 13.2 Å². The Balaban J connectivity index is 1.71. The van der Waals surface area contributed by atoms with Crippen molar-refractivity contribution >= 4 is 5.91 Å². The van der Waals surface area contributed by atoms with Crippen molar-refractivity contribution in [3.05, 3.63) is 70.8 Å². The summed E-state index contributed by atoms with van der Waals surface area (Å²) in [5.74, 6) is -0.833. The van der Waals surface area contributed by atoms with Crippen molar-refractivity contribution < 1.29 is 23.1 Å². The van der Waals surface area contributed by atoms with Gasteiger partial charge in [0.1, 0.15) is 0 Å². The Kier molecular flexibility index (Phi) is 4.56. The van der Waals surface area contributed by atoms with E-state index in [0.29, 0.717) is 19.3 Å². The molecular weight excluding hydrogens is 331 g/mol. The molecule has 6 heteroatoms. The van der Waals surface area contributed by atoms with Crippen molar-refractivity contribution in [1.82, 2.24) is 5.32 Å². The monoisotopic (exact) mass is 349 g/mol. The smallest absolute Gasteiger partial charge is 0.388 e. The number of alkyl halides is 3. The Bertz CT molecular complexity index is 788. The van der Waals surface area contributed by atoms with Crippen molar-refractivity contribution in [1.29, 1.82) is 0 Å². The summed E-state index contributed by atoms with van der Waals surface area (Å²) in [6.07, 6.45) is -3.12. The minimum atomic E-state index is -4.60. The van der Waals surface area contributed by atoms with E-state index in [2.05, 4.69) is 5.32 Å². The molecule has 0 unspecified atom stereocenters. The molecule has 0 aromatic heterocycles. The predicted molar refractivity (Wildman–Crippen MR) is 87.2 cm³/mol. The highest BCUT2D eigenvalue weighted by Gasteiger charge is 2.36. The molecular formula is C19H18F3NO2. The van der Waals surface area contributed by atoms with Crippen LogP contribution in [0.4, 0.5) is 13.2 Å². The molecule has 1 atom stereocenters. The summed E-state index contributed by atoms with van der Waals surface area (Å²) in [7, 11) is 0. The van der Waals surface area contributed by atoms with Gasteiger partial charge in [0, 0.05) is 13.0 Å². The van der Waals surface area contributed by atoms with Crippen LogP contribution >= 0.6 is 0 Å². The predicted octanol–water partition coefficient (Wildman–Crippen LogP) is 3.36. The molecule has 3 rings (SSSR count). The number of hydrogen-bond donors (Lipinski definition) is 2. The molecule has 0 saturated carbocycles. The molecule has 1 aliphatic rings. The summed E-state index contributed by atoms with van der Waals surface area (Å²) < 4.78 is 39.0. The first kappa shape index (κ1) is 17.5. The molecule has 1 aliphatic carbocycles. The molecule has 2 aromatic rings. The van der Waals surface area contributed by atoms with E-state index in [1.54, 1.807) is 0 Å². The number of carbonyl (C=O) groups excluding carboxylic acids is 1. The second kappa shape index (κ2) is 6.52. The lowest BCUT2D eigenvalue weighted by molar-refractivity contribution is -0.137. The van der Waals surface area contributed by atoms with Crippen molar-refractivity contribution in [2.75, 3.05) is 6.54 Å². The first-order chi connectivity index (χ1) is 11.8. The third-order valence-corrected chi connectivity index (χ3v) is 4.55. The van der Waals surface area contributed by atoms with Gasteiger partial charge in [-0.1, -0.05) is 36.4 Å². The zero-order valence-corrected chi connectivity index (χ0v) is 13.4. The van der Waals surface area contributed by atoms with Crippen molar-refractivity contribution in [2.24, 2.45) is 0 Å². The Hall–Kier alpha value is -2.34. The summed E-state index contributed by atoms with van der Waals surface area (Å²) in [5.41, 5.74) is -0.414. The number of fused-ring (bicyclic) bond motifs is 1. The fourth-order valence-corrected chi connectivity index (χ4v) is 3.20. The molecule has 0 bridgehead atoms. The van der Waals surface area contributed by atoms with Gasteiger partial charge >= 0.3 is 6.18 Å². The number of halogens is 3. The van der Waals surface area contributed by atoms with E-state index in [0.717, 1.165) is 23.3 Å². The topological polar surface area (TPSA) is 49.3 Å². The van der Waals surface area contributed by atoms with Crippen LogP contribution < -0.4 is 5.32 Å². The van der Waals surface area contributed by atoms with E-state index < -0.39 is 28.8 Å². The highest BCUT2D eigenvalue weighted by Crippen LogP contribution is 2.32. The molecule has 3 nitrogen and oxygen atoms in total. The number of aliphatic hydroxyl groups is 1. The summed E-state index contributed by atoms with van der Waals surface area (Å²) in [6, 6.07) is 12.4. The van der Waals surface area contributed by atoms with Crippen LogP contribution in [0.5, 0.6) is 0 Å². The van der Waals surface area contributed by atoms with Crippen LogP contribution in [0.3, 0.4) is 0 Å². The van der Waals surface area contributed by atoms with E-state index >= 15 is 0 Å². The van der Waals surface area contributed by atoms with Gasteiger partial charge in [0.05, 0.1) is 16.7 Å². The van der Waals surface area contributed by atoms with Crippen LogP contribution in [0.1, 0.15) is 33.5 Å². The van der Waals surface area contributed by atoms with Gasteiger partial charge in [-0.25, -0.2) is 0 Å². The van der Waals surface area contributed by atoms with Crippen LogP contribution in [-0.2, 0) is 19.0 Å². The fourth-order valence-electron chi connectivity index (χ4n) is 3.20. The zero-order chi connectivity index (χ0) is 18.1. The Morgan fingerprint density at radius 1 is 1.08 bits per heavy atom. The maximum atomic E-state index is 13.0. The van der Waals surface area contributed by atoms with E-state index in [1.165, 1.54) is 12.1 Å². The number of rotatable bonds is 3.